The van der Waals surface area contributed by atoms with Crippen LogP contribution in [-0.4, -0.2) is 10.8 Å². The second kappa shape index (κ2) is 5.09. The van der Waals surface area contributed by atoms with Crippen molar-refractivity contribution < 1.29 is 4.79 Å². The SMILES string of the molecule is CC(=O)c1ccc(C#Cc2ccccc2)cn1. The summed E-state index contributed by atoms with van der Waals surface area (Å²) in [6.45, 7) is 1.50. The van der Waals surface area contributed by atoms with Crippen molar-refractivity contribution in [1.82, 2.24) is 4.98 Å². The Balaban J connectivity index is 2.20. The number of pyridine rings is 1. The minimum absolute atomic E-state index is 0.0347. The van der Waals surface area contributed by atoms with Gasteiger partial charge in [-0.3, -0.25) is 9.78 Å². The summed E-state index contributed by atoms with van der Waals surface area (Å²) in [5.74, 6) is 6.00. The molecule has 2 aromatic rings. The minimum atomic E-state index is -0.0347. The first-order valence-corrected chi connectivity index (χ1v) is 5.30. The predicted molar refractivity (Wildman–Crippen MR) is 66.7 cm³/mol. The van der Waals surface area contributed by atoms with Crippen molar-refractivity contribution in [3.8, 4) is 11.8 Å². The molecule has 0 N–H and O–H groups in total. The molecule has 1 aromatic carbocycles. The molecule has 0 aliphatic rings. The second-order valence-electron chi connectivity index (χ2n) is 3.60. The molecule has 1 aromatic heterocycles. The molecule has 0 fully saturated rings. The molecule has 0 atom stereocenters. The topological polar surface area (TPSA) is 30.0 Å². The van der Waals surface area contributed by atoms with E-state index in [1.54, 1.807) is 18.3 Å². The number of aromatic nitrogens is 1. The van der Waals surface area contributed by atoms with Gasteiger partial charge in [-0.1, -0.05) is 30.0 Å². The monoisotopic (exact) mass is 221 g/mol. The highest BCUT2D eigenvalue weighted by Gasteiger charge is 1.98. The van der Waals surface area contributed by atoms with Crippen LogP contribution in [-0.2, 0) is 0 Å². The molecule has 82 valence electrons. The summed E-state index contributed by atoms with van der Waals surface area (Å²) in [5.41, 5.74) is 2.23. The second-order valence-corrected chi connectivity index (χ2v) is 3.60. The maximum atomic E-state index is 11.0. The molecule has 17 heavy (non-hydrogen) atoms. The van der Waals surface area contributed by atoms with Gasteiger partial charge in [0.05, 0.1) is 0 Å². The lowest BCUT2D eigenvalue weighted by Gasteiger charge is -1.93. The molecule has 0 saturated heterocycles. The van der Waals surface area contributed by atoms with Crippen molar-refractivity contribution in [2.75, 3.05) is 0 Å². The molecule has 0 radical (unpaired) electrons. The van der Waals surface area contributed by atoms with Crippen LogP contribution >= 0.6 is 0 Å². The number of rotatable bonds is 1. The number of hydrogen-bond acceptors (Lipinski definition) is 2. The van der Waals surface area contributed by atoms with Crippen molar-refractivity contribution in [3.63, 3.8) is 0 Å². The number of ketones is 1. The Kier molecular flexibility index (Phi) is 3.32. The number of benzene rings is 1. The predicted octanol–water partition coefficient (Wildman–Crippen LogP) is 2.68. The van der Waals surface area contributed by atoms with Crippen molar-refractivity contribution in [2.45, 2.75) is 6.92 Å². The molecule has 0 unspecified atom stereocenters. The van der Waals surface area contributed by atoms with E-state index in [1.165, 1.54) is 6.92 Å². The van der Waals surface area contributed by atoms with E-state index in [0.717, 1.165) is 11.1 Å². The normalized spacial score (nSPS) is 9.24. The lowest BCUT2D eigenvalue weighted by atomic mass is 10.2. The van der Waals surface area contributed by atoms with E-state index in [2.05, 4.69) is 16.8 Å². The Hall–Kier alpha value is -2.40. The molecule has 0 bridgehead atoms. The van der Waals surface area contributed by atoms with Crippen LogP contribution in [0.3, 0.4) is 0 Å². The van der Waals surface area contributed by atoms with Crippen LogP contribution in [0.15, 0.2) is 48.7 Å². The molecule has 0 amide bonds. The van der Waals surface area contributed by atoms with Crippen LogP contribution in [0, 0.1) is 11.8 Å². The van der Waals surface area contributed by atoms with Crippen molar-refractivity contribution in [2.24, 2.45) is 0 Å². The average Bonchev–Trinajstić information content (AvgIpc) is 2.38. The summed E-state index contributed by atoms with van der Waals surface area (Å²) in [5, 5.41) is 0. The first-order chi connectivity index (χ1) is 8.25. The molecule has 0 saturated carbocycles. The first kappa shape index (κ1) is 11.1. The zero-order valence-electron chi connectivity index (χ0n) is 9.47. The summed E-state index contributed by atoms with van der Waals surface area (Å²) in [4.78, 5) is 15.1. The maximum absolute atomic E-state index is 11.0. The van der Waals surface area contributed by atoms with Gasteiger partial charge in [-0.15, -0.1) is 0 Å². The summed E-state index contributed by atoms with van der Waals surface area (Å²) < 4.78 is 0. The minimum Gasteiger partial charge on any atom is -0.293 e. The molecular weight excluding hydrogens is 210 g/mol. The van der Waals surface area contributed by atoms with Crippen molar-refractivity contribution in [3.05, 3.63) is 65.5 Å². The average molecular weight is 221 g/mol. The number of hydrogen-bond donors (Lipinski definition) is 0. The standard InChI is InChI=1S/C15H11NO/c1-12(17)15-10-9-14(11-16-15)8-7-13-5-3-2-4-6-13/h2-6,9-11H,1H3. The number of carbonyl (C=O) groups excluding carboxylic acids is 1. The van der Waals surface area contributed by atoms with E-state index in [4.69, 9.17) is 0 Å². The third-order valence-electron chi connectivity index (χ3n) is 2.25. The largest absolute Gasteiger partial charge is 0.293 e. The fourth-order valence-electron chi connectivity index (χ4n) is 1.34. The van der Waals surface area contributed by atoms with Crippen LogP contribution in [0.5, 0.6) is 0 Å². The van der Waals surface area contributed by atoms with E-state index in [1.807, 2.05) is 30.3 Å². The van der Waals surface area contributed by atoms with Gasteiger partial charge in [-0.2, -0.15) is 0 Å². The molecule has 0 aliphatic carbocycles. The molecule has 1 heterocycles. The number of carbonyl (C=O) groups is 1. The fourth-order valence-corrected chi connectivity index (χ4v) is 1.34. The lowest BCUT2D eigenvalue weighted by molar-refractivity contribution is 0.101. The van der Waals surface area contributed by atoms with Crippen molar-refractivity contribution >= 4 is 5.78 Å². The molecule has 2 nitrogen and oxygen atoms in total. The Morgan fingerprint density at radius 1 is 1.00 bits per heavy atom. The van der Waals surface area contributed by atoms with Gasteiger partial charge in [0, 0.05) is 24.2 Å². The van der Waals surface area contributed by atoms with E-state index < -0.39 is 0 Å². The Labute approximate surface area is 100 Å². The quantitative estimate of drug-likeness (QED) is 0.547. The van der Waals surface area contributed by atoms with Crippen LogP contribution in [0.1, 0.15) is 28.5 Å². The summed E-state index contributed by atoms with van der Waals surface area (Å²) >= 11 is 0. The van der Waals surface area contributed by atoms with Crippen LogP contribution in [0.4, 0.5) is 0 Å². The van der Waals surface area contributed by atoms with Crippen molar-refractivity contribution in [1.29, 1.82) is 0 Å². The van der Waals surface area contributed by atoms with Gasteiger partial charge in [0.25, 0.3) is 0 Å². The molecule has 0 spiro atoms. The summed E-state index contributed by atoms with van der Waals surface area (Å²) in [7, 11) is 0. The van der Waals surface area contributed by atoms with Gasteiger partial charge in [0.2, 0.25) is 0 Å². The van der Waals surface area contributed by atoms with Crippen LogP contribution in [0.2, 0.25) is 0 Å². The van der Waals surface area contributed by atoms with Gasteiger partial charge in [0.1, 0.15) is 5.69 Å². The van der Waals surface area contributed by atoms with E-state index in [-0.39, 0.29) is 5.78 Å². The van der Waals surface area contributed by atoms with Gasteiger partial charge in [0.15, 0.2) is 5.78 Å². The Morgan fingerprint density at radius 2 is 1.71 bits per heavy atom. The smallest absolute Gasteiger partial charge is 0.178 e. The van der Waals surface area contributed by atoms with Crippen LogP contribution < -0.4 is 0 Å². The first-order valence-electron chi connectivity index (χ1n) is 5.30. The third-order valence-corrected chi connectivity index (χ3v) is 2.25. The van der Waals surface area contributed by atoms with Crippen LogP contribution in [0.25, 0.3) is 0 Å². The zero-order valence-corrected chi connectivity index (χ0v) is 9.47. The summed E-state index contributed by atoms with van der Waals surface area (Å²) in [6.07, 6.45) is 1.62. The fraction of sp³-hybridized carbons (Fsp3) is 0.0667. The Morgan fingerprint density at radius 3 is 2.29 bits per heavy atom. The van der Waals surface area contributed by atoms with Gasteiger partial charge in [-0.25, -0.2) is 0 Å². The van der Waals surface area contributed by atoms with Gasteiger partial charge in [-0.05, 0) is 24.3 Å². The number of nitrogens with zero attached hydrogens (tertiary/aromatic N) is 1. The molecule has 2 heteroatoms. The number of Topliss-reactive ketones (excluding diaryl/α,β-unsaturated/α-hetero) is 1. The molecule has 0 aliphatic heterocycles. The lowest BCUT2D eigenvalue weighted by Crippen LogP contribution is -1.95. The van der Waals surface area contributed by atoms with Gasteiger partial charge >= 0.3 is 0 Å². The highest BCUT2D eigenvalue weighted by Crippen LogP contribution is 2.01. The maximum Gasteiger partial charge on any atom is 0.178 e. The van der Waals surface area contributed by atoms with E-state index >= 15 is 0 Å². The van der Waals surface area contributed by atoms with E-state index in [0.29, 0.717) is 5.69 Å². The highest BCUT2D eigenvalue weighted by molar-refractivity contribution is 5.92. The van der Waals surface area contributed by atoms with Gasteiger partial charge < -0.3 is 0 Å². The van der Waals surface area contributed by atoms with E-state index in [9.17, 15) is 4.79 Å². The summed E-state index contributed by atoms with van der Waals surface area (Å²) in [6, 6.07) is 13.2. The highest BCUT2D eigenvalue weighted by atomic mass is 16.1. The molecular formula is C15H11NO. The Bertz CT molecular complexity index is 574. The third kappa shape index (κ3) is 3.02. The zero-order chi connectivity index (χ0) is 12.1. The molecule has 2 rings (SSSR count).